The van der Waals surface area contributed by atoms with E-state index in [2.05, 4.69) is 40.5 Å². The smallest absolute Gasteiger partial charge is 0.239 e. The molecule has 1 aromatic carbocycles. The summed E-state index contributed by atoms with van der Waals surface area (Å²) in [4.78, 5) is 16.9. The molecular weight excluding hydrogens is 302 g/mol. The summed E-state index contributed by atoms with van der Waals surface area (Å²) in [7, 11) is 0. The first-order chi connectivity index (χ1) is 11.7. The number of morpholine rings is 1. The maximum Gasteiger partial charge on any atom is 0.239 e. The van der Waals surface area contributed by atoms with Gasteiger partial charge in [0.1, 0.15) is 0 Å². The zero-order chi connectivity index (χ0) is 16.8. The molecule has 1 amide bonds. The highest BCUT2D eigenvalue weighted by molar-refractivity contribution is 5.81. The molecule has 0 radical (unpaired) electrons. The Labute approximate surface area is 145 Å². The topological polar surface area (TPSA) is 44.8 Å². The van der Waals surface area contributed by atoms with Crippen LogP contribution in [0.2, 0.25) is 0 Å². The lowest BCUT2D eigenvalue weighted by molar-refractivity contribution is -0.137. The monoisotopic (exact) mass is 331 g/mol. The zero-order valence-corrected chi connectivity index (χ0v) is 14.6. The summed E-state index contributed by atoms with van der Waals surface area (Å²) in [5.74, 6) is 0.213. The minimum atomic E-state index is -0.103. The average molecular weight is 331 g/mol. The van der Waals surface area contributed by atoms with Crippen LogP contribution < -0.4 is 5.32 Å². The standard InChI is InChI=1S/C19H29N3O2/c1-16(19(23)22-11-13-24-14-12-22)20-18-7-9-21(10-8-18)15-17-5-3-2-4-6-17/h2-6,16,18,20H,7-15H2,1H3. The summed E-state index contributed by atoms with van der Waals surface area (Å²) in [6.45, 7) is 7.97. The molecule has 132 valence electrons. The number of nitrogens with zero attached hydrogens (tertiary/aromatic N) is 2. The molecule has 1 unspecified atom stereocenters. The van der Waals surface area contributed by atoms with Gasteiger partial charge in [-0.2, -0.15) is 0 Å². The Bertz CT molecular complexity index is 509. The molecule has 1 N–H and O–H groups in total. The zero-order valence-electron chi connectivity index (χ0n) is 14.6. The summed E-state index contributed by atoms with van der Waals surface area (Å²) < 4.78 is 5.32. The number of amides is 1. The van der Waals surface area contributed by atoms with Crippen LogP contribution in [0.1, 0.15) is 25.3 Å². The van der Waals surface area contributed by atoms with Crippen molar-refractivity contribution in [2.75, 3.05) is 39.4 Å². The molecule has 0 aromatic heterocycles. The van der Waals surface area contributed by atoms with Gasteiger partial charge in [-0.1, -0.05) is 30.3 Å². The van der Waals surface area contributed by atoms with Gasteiger partial charge >= 0.3 is 0 Å². The number of hydrogen-bond donors (Lipinski definition) is 1. The lowest BCUT2D eigenvalue weighted by atomic mass is 10.0. The quantitative estimate of drug-likeness (QED) is 0.888. The Kier molecular flexibility index (Phi) is 6.24. The first-order valence-electron chi connectivity index (χ1n) is 9.11. The van der Waals surface area contributed by atoms with Crippen molar-refractivity contribution in [3.05, 3.63) is 35.9 Å². The van der Waals surface area contributed by atoms with Crippen molar-refractivity contribution < 1.29 is 9.53 Å². The Morgan fingerprint density at radius 1 is 1.17 bits per heavy atom. The Balaban J connectivity index is 1.40. The van der Waals surface area contributed by atoms with E-state index in [0.717, 1.165) is 45.6 Å². The number of carbonyl (C=O) groups excluding carboxylic acids is 1. The normalized spacial score (nSPS) is 21.6. The van der Waals surface area contributed by atoms with Gasteiger partial charge in [-0.05, 0) is 38.4 Å². The first kappa shape index (κ1) is 17.4. The fourth-order valence-electron chi connectivity index (χ4n) is 3.58. The number of carbonyl (C=O) groups is 1. The minimum absolute atomic E-state index is 0.103. The summed E-state index contributed by atoms with van der Waals surface area (Å²) in [6, 6.07) is 11.0. The van der Waals surface area contributed by atoms with Crippen molar-refractivity contribution >= 4 is 5.91 Å². The van der Waals surface area contributed by atoms with Gasteiger partial charge in [0.2, 0.25) is 5.91 Å². The second-order valence-electron chi connectivity index (χ2n) is 6.86. The highest BCUT2D eigenvalue weighted by Gasteiger charge is 2.26. The molecule has 5 heteroatoms. The minimum Gasteiger partial charge on any atom is -0.378 e. The highest BCUT2D eigenvalue weighted by Crippen LogP contribution is 2.14. The van der Waals surface area contributed by atoms with Gasteiger partial charge in [0.15, 0.2) is 0 Å². The summed E-state index contributed by atoms with van der Waals surface area (Å²) in [5, 5.41) is 3.54. The van der Waals surface area contributed by atoms with Crippen LogP contribution in [0.5, 0.6) is 0 Å². The van der Waals surface area contributed by atoms with E-state index in [0.29, 0.717) is 19.3 Å². The fourth-order valence-corrected chi connectivity index (χ4v) is 3.58. The van der Waals surface area contributed by atoms with E-state index in [1.807, 2.05) is 11.8 Å². The number of rotatable bonds is 5. The van der Waals surface area contributed by atoms with Crippen molar-refractivity contribution in [1.29, 1.82) is 0 Å². The predicted octanol–water partition coefficient (Wildman–Crippen LogP) is 1.49. The number of piperidine rings is 1. The average Bonchev–Trinajstić information content (AvgIpc) is 2.64. The second-order valence-corrected chi connectivity index (χ2v) is 6.86. The number of ether oxygens (including phenoxy) is 1. The molecule has 3 rings (SSSR count). The van der Waals surface area contributed by atoms with Crippen LogP contribution in [0.25, 0.3) is 0 Å². The van der Waals surface area contributed by atoms with E-state index in [4.69, 9.17) is 4.74 Å². The summed E-state index contributed by atoms with van der Waals surface area (Å²) >= 11 is 0. The third-order valence-corrected chi connectivity index (χ3v) is 5.02. The molecule has 0 saturated carbocycles. The van der Waals surface area contributed by atoms with E-state index in [1.54, 1.807) is 0 Å². The SMILES string of the molecule is CC(NC1CCN(Cc2ccccc2)CC1)C(=O)N1CCOCC1. The molecule has 2 fully saturated rings. The molecule has 2 heterocycles. The van der Waals surface area contributed by atoms with E-state index in [-0.39, 0.29) is 11.9 Å². The van der Waals surface area contributed by atoms with Crippen molar-refractivity contribution in [1.82, 2.24) is 15.1 Å². The number of likely N-dealkylation sites (tertiary alicyclic amines) is 1. The lowest BCUT2D eigenvalue weighted by Crippen LogP contribution is -2.53. The maximum atomic E-state index is 12.5. The van der Waals surface area contributed by atoms with Crippen molar-refractivity contribution in [2.24, 2.45) is 0 Å². The molecule has 0 bridgehead atoms. The van der Waals surface area contributed by atoms with Crippen molar-refractivity contribution in [3.63, 3.8) is 0 Å². The molecule has 2 aliphatic rings. The Morgan fingerprint density at radius 2 is 1.83 bits per heavy atom. The van der Waals surface area contributed by atoms with Crippen LogP contribution in [0.4, 0.5) is 0 Å². The first-order valence-corrected chi connectivity index (χ1v) is 9.11. The van der Waals surface area contributed by atoms with Gasteiger partial charge in [0.25, 0.3) is 0 Å². The third kappa shape index (κ3) is 4.79. The largest absolute Gasteiger partial charge is 0.378 e. The van der Waals surface area contributed by atoms with Crippen LogP contribution in [-0.2, 0) is 16.1 Å². The summed E-state index contributed by atoms with van der Waals surface area (Å²) in [5.41, 5.74) is 1.37. The molecule has 0 aliphatic carbocycles. The molecule has 2 saturated heterocycles. The van der Waals surface area contributed by atoms with Crippen LogP contribution >= 0.6 is 0 Å². The molecule has 2 aliphatic heterocycles. The predicted molar refractivity (Wildman–Crippen MR) is 94.7 cm³/mol. The van der Waals surface area contributed by atoms with Crippen molar-refractivity contribution in [3.8, 4) is 0 Å². The van der Waals surface area contributed by atoms with Gasteiger partial charge in [0, 0.05) is 25.7 Å². The Morgan fingerprint density at radius 3 is 2.50 bits per heavy atom. The van der Waals surface area contributed by atoms with E-state index in [1.165, 1.54) is 5.56 Å². The van der Waals surface area contributed by atoms with Gasteiger partial charge in [-0.25, -0.2) is 0 Å². The molecule has 1 atom stereocenters. The van der Waals surface area contributed by atoms with Gasteiger partial charge < -0.3 is 15.0 Å². The third-order valence-electron chi connectivity index (χ3n) is 5.02. The second kappa shape index (κ2) is 8.60. The van der Waals surface area contributed by atoms with Crippen LogP contribution in [0.3, 0.4) is 0 Å². The highest BCUT2D eigenvalue weighted by atomic mass is 16.5. The molecule has 24 heavy (non-hydrogen) atoms. The maximum absolute atomic E-state index is 12.5. The van der Waals surface area contributed by atoms with Gasteiger partial charge in [-0.15, -0.1) is 0 Å². The molecule has 5 nitrogen and oxygen atoms in total. The lowest BCUT2D eigenvalue weighted by Gasteiger charge is -2.35. The van der Waals surface area contributed by atoms with Crippen LogP contribution in [0, 0.1) is 0 Å². The van der Waals surface area contributed by atoms with E-state index in [9.17, 15) is 4.79 Å². The van der Waals surface area contributed by atoms with E-state index >= 15 is 0 Å². The number of nitrogens with one attached hydrogen (secondary N) is 1. The van der Waals surface area contributed by atoms with E-state index < -0.39 is 0 Å². The number of hydrogen-bond acceptors (Lipinski definition) is 4. The molecular formula is C19H29N3O2. The van der Waals surface area contributed by atoms with Crippen LogP contribution in [-0.4, -0.2) is 67.2 Å². The summed E-state index contributed by atoms with van der Waals surface area (Å²) in [6.07, 6.45) is 2.21. The van der Waals surface area contributed by atoms with Gasteiger partial charge in [-0.3, -0.25) is 9.69 Å². The molecule has 0 spiro atoms. The van der Waals surface area contributed by atoms with Crippen molar-refractivity contribution in [2.45, 2.75) is 38.4 Å². The Hall–Kier alpha value is -1.43. The fraction of sp³-hybridized carbons (Fsp3) is 0.632. The van der Waals surface area contributed by atoms with Gasteiger partial charge in [0.05, 0.1) is 19.3 Å². The number of benzene rings is 1. The molecule has 1 aromatic rings. The van der Waals surface area contributed by atoms with Crippen LogP contribution in [0.15, 0.2) is 30.3 Å².